The Hall–Kier alpha value is -2.97. The Bertz CT molecular complexity index is 1090. The van der Waals surface area contributed by atoms with Gasteiger partial charge in [0.2, 0.25) is 10.0 Å². The van der Waals surface area contributed by atoms with E-state index in [4.69, 9.17) is 0 Å². The van der Waals surface area contributed by atoms with Crippen molar-refractivity contribution in [2.24, 2.45) is 0 Å². The van der Waals surface area contributed by atoms with Crippen LogP contribution in [0.25, 0.3) is 0 Å². The van der Waals surface area contributed by atoms with E-state index < -0.39 is 10.0 Å². The van der Waals surface area contributed by atoms with Crippen molar-refractivity contribution in [1.82, 2.24) is 19.8 Å². The van der Waals surface area contributed by atoms with Crippen molar-refractivity contribution in [3.63, 3.8) is 0 Å². The van der Waals surface area contributed by atoms with E-state index in [0.717, 1.165) is 24.0 Å². The summed E-state index contributed by atoms with van der Waals surface area (Å²) < 4.78 is 28.9. The van der Waals surface area contributed by atoms with Crippen molar-refractivity contribution in [1.29, 1.82) is 0 Å². The number of hydrogen-bond donors (Lipinski definition) is 2. The molecule has 1 aliphatic carbocycles. The molecule has 0 saturated heterocycles. The third kappa shape index (κ3) is 4.90. The molecule has 7 nitrogen and oxygen atoms in total. The van der Waals surface area contributed by atoms with E-state index in [9.17, 15) is 13.2 Å². The molecule has 1 heterocycles. The van der Waals surface area contributed by atoms with Crippen molar-refractivity contribution in [3.05, 3.63) is 83.7 Å². The highest BCUT2D eigenvalue weighted by Gasteiger charge is 2.27. The van der Waals surface area contributed by atoms with E-state index >= 15 is 0 Å². The van der Waals surface area contributed by atoms with Gasteiger partial charge in [0.05, 0.1) is 11.4 Å². The molecule has 0 radical (unpaired) electrons. The van der Waals surface area contributed by atoms with Crippen LogP contribution in [0.5, 0.6) is 0 Å². The van der Waals surface area contributed by atoms with Gasteiger partial charge in [0, 0.05) is 30.5 Å². The van der Waals surface area contributed by atoms with Gasteiger partial charge >= 0.3 is 0 Å². The molecule has 0 spiro atoms. The van der Waals surface area contributed by atoms with Gasteiger partial charge in [-0.05, 0) is 54.3 Å². The van der Waals surface area contributed by atoms with Crippen molar-refractivity contribution in [2.75, 3.05) is 0 Å². The molecule has 1 saturated carbocycles. The van der Waals surface area contributed by atoms with Crippen LogP contribution < -0.4 is 10.0 Å². The summed E-state index contributed by atoms with van der Waals surface area (Å²) >= 11 is 0. The molecule has 0 atom stereocenters. The maximum Gasteiger partial charge on any atom is 0.251 e. The van der Waals surface area contributed by atoms with E-state index in [1.807, 2.05) is 41.2 Å². The number of nitrogens with zero attached hydrogens (tertiary/aromatic N) is 2. The van der Waals surface area contributed by atoms with E-state index in [0.29, 0.717) is 18.7 Å². The third-order valence-corrected chi connectivity index (χ3v) is 6.31. The molecule has 0 bridgehead atoms. The minimum Gasteiger partial charge on any atom is -0.348 e. The number of carbonyl (C=O) groups is 1. The molecule has 3 aromatic rings. The first-order valence-electron chi connectivity index (χ1n) is 9.46. The quantitative estimate of drug-likeness (QED) is 0.596. The SMILES string of the molecule is O=C(NCc1ccccc1Cn1cccn1)c1ccc(S(=O)(=O)NC2CC2)cc1. The molecule has 1 fully saturated rings. The topological polar surface area (TPSA) is 93.1 Å². The van der Waals surface area contributed by atoms with Gasteiger partial charge < -0.3 is 5.32 Å². The summed E-state index contributed by atoms with van der Waals surface area (Å²) in [4.78, 5) is 12.7. The highest BCUT2D eigenvalue weighted by molar-refractivity contribution is 7.89. The van der Waals surface area contributed by atoms with Gasteiger partial charge in [-0.1, -0.05) is 24.3 Å². The minimum atomic E-state index is -3.52. The summed E-state index contributed by atoms with van der Waals surface area (Å²) in [6.45, 7) is 0.999. The second-order valence-electron chi connectivity index (χ2n) is 7.07. The average molecular weight is 410 g/mol. The molecular weight excluding hydrogens is 388 g/mol. The van der Waals surface area contributed by atoms with E-state index in [2.05, 4.69) is 15.1 Å². The van der Waals surface area contributed by atoms with Crippen molar-refractivity contribution in [2.45, 2.75) is 36.9 Å². The predicted octanol–water partition coefficient (Wildman–Crippen LogP) is 2.30. The van der Waals surface area contributed by atoms with Crippen LogP contribution in [-0.2, 0) is 23.1 Å². The Kier molecular flexibility index (Phi) is 5.46. The predicted molar refractivity (Wildman–Crippen MR) is 109 cm³/mol. The van der Waals surface area contributed by atoms with Crippen LogP contribution in [0.2, 0.25) is 0 Å². The van der Waals surface area contributed by atoms with Crippen LogP contribution in [0.3, 0.4) is 0 Å². The van der Waals surface area contributed by atoms with Crippen LogP contribution >= 0.6 is 0 Å². The molecule has 8 heteroatoms. The molecule has 1 amide bonds. The monoisotopic (exact) mass is 410 g/mol. The molecule has 150 valence electrons. The molecule has 1 aromatic heterocycles. The maximum atomic E-state index is 12.5. The fourth-order valence-corrected chi connectivity index (χ4v) is 4.31. The highest BCUT2D eigenvalue weighted by atomic mass is 32.2. The summed E-state index contributed by atoms with van der Waals surface area (Å²) in [6, 6.07) is 15.8. The van der Waals surface area contributed by atoms with Crippen molar-refractivity contribution in [3.8, 4) is 0 Å². The second kappa shape index (κ2) is 8.18. The molecule has 1 aliphatic rings. The lowest BCUT2D eigenvalue weighted by Gasteiger charge is -2.11. The van der Waals surface area contributed by atoms with E-state index in [-0.39, 0.29) is 16.8 Å². The van der Waals surface area contributed by atoms with Crippen molar-refractivity contribution >= 4 is 15.9 Å². The van der Waals surface area contributed by atoms with Gasteiger partial charge in [-0.3, -0.25) is 9.48 Å². The number of aromatic nitrogens is 2. The number of rotatable bonds is 8. The normalized spacial score (nSPS) is 13.9. The zero-order valence-corrected chi connectivity index (χ0v) is 16.6. The Morgan fingerprint density at radius 2 is 1.76 bits per heavy atom. The summed E-state index contributed by atoms with van der Waals surface area (Å²) in [5.74, 6) is -0.252. The Labute approximate surface area is 169 Å². The first-order chi connectivity index (χ1) is 14.0. The van der Waals surface area contributed by atoms with Gasteiger partial charge in [-0.25, -0.2) is 13.1 Å². The fraction of sp³-hybridized carbons (Fsp3) is 0.238. The van der Waals surface area contributed by atoms with Crippen LogP contribution in [0.4, 0.5) is 0 Å². The van der Waals surface area contributed by atoms with E-state index in [1.165, 1.54) is 24.3 Å². The van der Waals surface area contributed by atoms with Gasteiger partial charge in [0.1, 0.15) is 0 Å². The second-order valence-corrected chi connectivity index (χ2v) is 8.79. The lowest BCUT2D eigenvalue weighted by atomic mass is 10.1. The highest BCUT2D eigenvalue weighted by Crippen LogP contribution is 2.22. The third-order valence-electron chi connectivity index (χ3n) is 4.78. The van der Waals surface area contributed by atoms with Crippen LogP contribution in [-0.4, -0.2) is 30.1 Å². The van der Waals surface area contributed by atoms with Crippen molar-refractivity contribution < 1.29 is 13.2 Å². The molecule has 0 aliphatic heterocycles. The summed E-state index contributed by atoms with van der Waals surface area (Å²) in [5.41, 5.74) is 2.49. The lowest BCUT2D eigenvalue weighted by Crippen LogP contribution is -2.26. The lowest BCUT2D eigenvalue weighted by molar-refractivity contribution is 0.0950. The number of amides is 1. The number of hydrogen-bond acceptors (Lipinski definition) is 4. The molecular formula is C21H22N4O3S. The number of benzene rings is 2. The number of nitrogens with one attached hydrogen (secondary N) is 2. The molecule has 29 heavy (non-hydrogen) atoms. The molecule has 0 unspecified atom stereocenters. The van der Waals surface area contributed by atoms with Crippen LogP contribution in [0, 0.1) is 0 Å². The Balaban J connectivity index is 1.40. The fourth-order valence-electron chi connectivity index (χ4n) is 3.00. The van der Waals surface area contributed by atoms with Gasteiger partial charge in [-0.2, -0.15) is 5.10 Å². The van der Waals surface area contributed by atoms with Crippen LogP contribution in [0.15, 0.2) is 71.9 Å². The zero-order chi connectivity index (χ0) is 20.3. The molecule has 2 aromatic carbocycles. The Morgan fingerprint density at radius 3 is 2.41 bits per heavy atom. The van der Waals surface area contributed by atoms with Crippen LogP contribution in [0.1, 0.15) is 34.3 Å². The largest absolute Gasteiger partial charge is 0.348 e. The summed E-state index contributed by atoms with van der Waals surface area (Å²) in [5, 5.41) is 7.12. The zero-order valence-electron chi connectivity index (χ0n) is 15.8. The number of sulfonamides is 1. The first kappa shape index (κ1) is 19.4. The van der Waals surface area contributed by atoms with Gasteiger partial charge in [0.25, 0.3) is 5.91 Å². The van der Waals surface area contributed by atoms with Gasteiger partial charge in [0.15, 0.2) is 0 Å². The minimum absolute atomic E-state index is 0.0461. The molecule has 2 N–H and O–H groups in total. The standard InChI is InChI=1S/C21H22N4O3S/c26-21(16-6-10-20(11-7-16)29(27,28)24-19-8-9-19)22-14-17-4-1-2-5-18(17)15-25-13-3-12-23-25/h1-7,10-13,19,24H,8-9,14-15H2,(H,22,26). The van der Waals surface area contributed by atoms with E-state index in [1.54, 1.807) is 6.20 Å². The molecule has 4 rings (SSSR count). The first-order valence-corrected chi connectivity index (χ1v) is 10.9. The summed E-state index contributed by atoms with van der Waals surface area (Å²) in [6.07, 6.45) is 5.38. The van der Waals surface area contributed by atoms with Gasteiger partial charge in [-0.15, -0.1) is 0 Å². The Morgan fingerprint density at radius 1 is 1.03 bits per heavy atom. The summed E-state index contributed by atoms with van der Waals surface area (Å²) in [7, 11) is -3.52. The number of carbonyl (C=O) groups excluding carboxylic acids is 1. The smallest absolute Gasteiger partial charge is 0.251 e. The maximum absolute atomic E-state index is 12.5. The average Bonchev–Trinajstić information content (AvgIpc) is 3.37.